The van der Waals surface area contributed by atoms with E-state index in [1.165, 1.54) is 30.4 Å². The molecule has 2 aromatic carbocycles. The molecule has 0 aliphatic carbocycles. The molecule has 4 rings (SSSR count). The number of hydrogen-bond donors (Lipinski definition) is 2. The number of nitrogens with one attached hydrogen (secondary N) is 2. The molecule has 0 spiro atoms. The first-order valence-corrected chi connectivity index (χ1v) is 11.8. The highest BCUT2D eigenvalue weighted by Crippen LogP contribution is 2.31. The summed E-state index contributed by atoms with van der Waals surface area (Å²) < 4.78 is 41.0. The van der Waals surface area contributed by atoms with Gasteiger partial charge in [-0.2, -0.15) is 4.31 Å². The number of benzene rings is 2. The number of carbonyl (C=O) groups is 2. The molecule has 1 aliphatic rings. The fourth-order valence-corrected chi connectivity index (χ4v) is 6.04. The van der Waals surface area contributed by atoms with Crippen LogP contribution >= 0.6 is 11.3 Å². The van der Waals surface area contributed by atoms with E-state index in [1.54, 1.807) is 18.2 Å². The largest absolute Gasteiger partial charge is 0.326 e. The van der Waals surface area contributed by atoms with E-state index in [1.807, 2.05) is 0 Å². The monoisotopic (exact) mass is 462 g/mol. The van der Waals surface area contributed by atoms with Gasteiger partial charge < -0.3 is 10.6 Å². The smallest absolute Gasteiger partial charge is 0.244 e. The topological polar surface area (TPSA) is 108 Å². The lowest BCUT2D eigenvalue weighted by atomic mass is 10.2. The molecular weight excluding hydrogens is 443 g/mol. The fraction of sp³-hybridized carbons (Fsp3) is 0.250. The van der Waals surface area contributed by atoms with E-state index in [-0.39, 0.29) is 17.3 Å². The van der Waals surface area contributed by atoms with E-state index in [0.717, 1.165) is 21.1 Å². The predicted molar refractivity (Wildman–Crippen MR) is 116 cm³/mol. The van der Waals surface area contributed by atoms with Gasteiger partial charge in [0, 0.05) is 19.2 Å². The Labute approximate surface area is 182 Å². The molecule has 3 aromatic rings. The number of sulfonamides is 1. The van der Waals surface area contributed by atoms with Crippen molar-refractivity contribution in [3.05, 3.63) is 48.3 Å². The zero-order valence-electron chi connectivity index (χ0n) is 16.5. The minimum Gasteiger partial charge on any atom is -0.326 e. The number of carbonyl (C=O) groups excluding carboxylic acids is 2. The number of amides is 2. The number of rotatable bonds is 5. The van der Waals surface area contributed by atoms with E-state index in [4.69, 9.17) is 0 Å². The van der Waals surface area contributed by atoms with Gasteiger partial charge in [0.1, 0.15) is 11.9 Å². The standard InChI is InChI=1S/C20H19FN4O4S2/c1-12(26)22-14-6-9-16-18(11-14)30-20(23-16)24-19(27)17-3-2-10-25(17)31(28,29)15-7-4-13(21)5-8-15/h4-9,11,17H,2-3,10H2,1H3,(H,22,26)(H,23,24,27). The van der Waals surface area contributed by atoms with Crippen molar-refractivity contribution in [3.63, 3.8) is 0 Å². The summed E-state index contributed by atoms with van der Waals surface area (Å²) in [5, 5.41) is 5.74. The molecule has 1 unspecified atom stereocenters. The summed E-state index contributed by atoms with van der Waals surface area (Å²) in [7, 11) is -3.94. The molecule has 1 saturated heterocycles. The first-order valence-electron chi connectivity index (χ1n) is 9.50. The van der Waals surface area contributed by atoms with Crippen molar-refractivity contribution < 1.29 is 22.4 Å². The van der Waals surface area contributed by atoms with E-state index in [0.29, 0.717) is 29.2 Å². The summed E-state index contributed by atoms with van der Waals surface area (Å²) in [6.07, 6.45) is 0.919. The molecule has 2 N–H and O–H groups in total. The molecule has 1 aliphatic heterocycles. The Morgan fingerprint density at radius 3 is 2.61 bits per heavy atom. The second-order valence-corrected chi connectivity index (χ2v) is 10.0. The summed E-state index contributed by atoms with van der Waals surface area (Å²) in [5.41, 5.74) is 1.27. The average molecular weight is 463 g/mol. The van der Waals surface area contributed by atoms with Crippen molar-refractivity contribution >= 4 is 54.2 Å². The SMILES string of the molecule is CC(=O)Nc1ccc2nc(NC(=O)C3CCCN3S(=O)(=O)c3ccc(F)cc3)sc2c1. The Bertz CT molecular complexity index is 1260. The van der Waals surface area contributed by atoms with Crippen molar-refractivity contribution in [1.29, 1.82) is 0 Å². The second-order valence-electron chi connectivity index (χ2n) is 7.10. The van der Waals surface area contributed by atoms with Crippen LogP contribution in [0.25, 0.3) is 10.2 Å². The van der Waals surface area contributed by atoms with Crippen molar-refractivity contribution in [2.45, 2.75) is 30.7 Å². The number of nitrogens with zero attached hydrogens (tertiary/aromatic N) is 2. The van der Waals surface area contributed by atoms with E-state index < -0.39 is 27.8 Å². The lowest BCUT2D eigenvalue weighted by molar-refractivity contribution is -0.119. The Morgan fingerprint density at radius 1 is 1.16 bits per heavy atom. The van der Waals surface area contributed by atoms with Crippen LogP contribution in [0.1, 0.15) is 19.8 Å². The van der Waals surface area contributed by atoms with Gasteiger partial charge in [-0.05, 0) is 55.3 Å². The molecule has 1 aromatic heterocycles. The molecule has 1 fully saturated rings. The summed E-state index contributed by atoms with van der Waals surface area (Å²) in [6.45, 7) is 1.62. The first-order chi connectivity index (χ1) is 14.7. The first kappa shape index (κ1) is 21.3. The maximum atomic E-state index is 13.2. The van der Waals surface area contributed by atoms with Gasteiger partial charge in [0.15, 0.2) is 5.13 Å². The lowest BCUT2D eigenvalue weighted by Crippen LogP contribution is -2.43. The van der Waals surface area contributed by atoms with E-state index in [2.05, 4.69) is 15.6 Å². The maximum Gasteiger partial charge on any atom is 0.244 e. The molecule has 0 radical (unpaired) electrons. The van der Waals surface area contributed by atoms with Crippen LogP contribution in [0, 0.1) is 5.82 Å². The van der Waals surface area contributed by atoms with Crippen molar-refractivity contribution in [3.8, 4) is 0 Å². The van der Waals surface area contributed by atoms with Gasteiger partial charge in [-0.25, -0.2) is 17.8 Å². The van der Waals surface area contributed by atoms with E-state index in [9.17, 15) is 22.4 Å². The highest BCUT2D eigenvalue weighted by atomic mass is 32.2. The Kier molecular flexibility index (Phi) is 5.73. The van der Waals surface area contributed by atoms with Crippen molar-refractivity contribution in [1.82, 2.24) is 9.29 Å². The van der Waals surface area contributed by atoms with Crippen molar-refractivity contribution in [2.75, 3.05) is 17.2 Å². The molecule has 2 heterocycles. The van der Waals surface area contributed by atoms with Crippen LogP contribution in [0.5, 0.6) is 0 Å². The Morgan fingerprint density at radius 2 is 1.90 bits per heavy atom. The fourth-order valence-electron chi connectivity index (χ4n) is 3.48. The van der Waals surface area contributed by atoms with Crippen molar-refractivity contribution in [2.24, 2.45) is 0 Å². The zero-order chi connectivity index (χ0) is 22.2. The molecule has 0 bridgehead atoms. The van der Waals surface area contributed by atoms with E-state index >= 15 is 0 Å². The number of fused-ring (bicyclic) bond motifs is 1. The number of aromatic nitrogens is 1. The Hall–Kier alpha value is -2.89. The second kappa shape index (κ2) is 8.33. The van der Waals surface area contributed by atoms with Crippen LogP contribution in [0.15, 0.2) is 47.4 Å². The number of halogens is 1. The zero-order valence-corrected chi connectivity index (χ0v) is 18.1. The summed E-state index contributed by atoms with van der Waals surface area (Å²) in [4.78, 5) is 28.4. The summed E-state index contributed by atoms with van der Waals surface area (Å²) >= 11 is 1.23. The highest BCUT2D eigenvalue weighted by molar-refractivity contribution is 7.89. The van der Waals surface area contributed by atoms with Crippen LogP contribution in [-0.4, -0.2) is 42.1 Å². The maximum absolute atomic E-state index is 13.2. The van der Waals surface area contributed by atoms with Crippen LogP contribution < -0.4 is 10.6 Å². The third-order valence-electron chi connectivity index (χ3n) is 4.87. The molecule has 162 valence electrons. The van der Waals surface area contributed by atoms with Gasteiger partial charge in [-0.3, -0.25) is 9.59 Å². The highest BCUT2D eigenvalue weighted by Gasteiger charge is 2.39. The third kappa shape index (κ3) is 4.43. The quantitative estimate of drug-likeness (QED) is 0.605. The van der Waals surface area contributed by atoms with Gasteiger partial charge in [-0.1, -0.05) is 11.3 Å². The Balaban J connectivity index is 1.53. The van der Waals surface area contributed by atoms with Gasteiger partial charge in [-0.15, -0.1) is 0 Å². The molecule has 11 heteroatoms. The number of hydrogen-bond acceptors (Lipinski definition) is 6. The molecule has 0 saturated carbocycles. The minimum atomic E-state index is -3.94. The lowest BCUT2D eigenvalue weighted by Gasteiger charge is -2.23. The molecule has 2 amide bonds. The predicted octanol–water partition coefficient (Wildman–Crippen LogP) is 3.19. The summed E-state index contributed by atoms with van der Waals surface area (Å²) in [6, 6.07) is 8.86. The molecular formula is C20H19FN4O4S2. The van der Waals surface area contributed by atoms with Gasteiger partial charge in [0.2, 0.25) is 21.8 Å². The normalized spacial score (nSPS) is 17.0. The number of anilines is 2. The third-order valence-corrected chi connectivity index (χ3v) is 7.72. The molecule has 8 nitrogen and oxygen atoms in total. The van der Waals surface area contributed by atoms with Gasteiger partial charge in [0.05, 0.1) is 15.1 Å². The van der Waals surface area contributed by atoms with Crippen LogP contribution in [0.4, 0.5) is 15.2 Å². The summed E-state index contributed by atoms with van der Waals surface area (Å²) in [5.74, 6) is -1.20. The minimum absolute atomic E-state index is 0.0564. The molecule has 1 atom stereocenters. The van der Waals surface area contributed by atoms with Crippen LogP contribution in [0.2, 0.25) is 0 Å². The molecule has 31 heavy (non-hydrogen) atoms. The number of thiazole rings is 1. The van der Waals surface area contributed by atoms with Crippen LogP contribution in [-0.2, 0) is 19.6 Å². The van der Waals surface area contributed by atoms with Gasteiger partial charge >= 0.3 is 0 Å². The average Bonchev–Trinajstić information content (AvgIpc) is 3.34. The van der Waals surface area contributed by atoms with Gasteiger partial charge in [0.25, 0.3) is 0 Å². The van der Waals surface area contributed by atoms with Crippen LogP contribution in [0.3, 0.4) is 0 Å².